The Balaban J connectivity index is 1.63. The lowest BCUT2D eigenvalue weighted by Crippen LogP contribution is -2.10. The molecule has 0 fully saturated rings. The molecule has 0 aliphatic carbocycles. The smallest absolute Gasteiger partial charge is 0.183 e. The summed E-state index contributed by atoms with van der Waals surface area (Å²) >= 11 is 0. The highest BCUT2D eigenvalue weighted by atomic mass is 32.2. The molecule has 1 N–H and O–H groups in total. The fourth-order valence-electron chi connectivity index (χ4n) is 4.64. The molecule has 32 heavy (non-hydrogen) atoms. The van der Waals surface area contributed by atoms with E-state index >= 15 is 0 Å². The Bertz CT molecular complexity index is 1610. The molecule has 0 unspecified atom stereocenters. The molecule has 0 spiro atoms. The quantitative estimate of drug-likeness (QED) is 0.364. The molecule has 0 amide bonds. The van der Waals surface area contributed by atoms with Crippen LogP contribution in [0, 0.1) is 13.8 Å². The van der Waals surface area contributed by atoms with Crippen molar-refractivity contribution in [1.82, 2.24) is 4.98 Å². The van der Waals surface area contributed by atoms with E-state index in [1.807, 2.05) is 68.4 Å². The van der Waals surface area contributed by atoms with Crippen molar-refractivity contribution in [2.75, 3.05) is 19.0 Å². The van der Waals surface area contributed by atoms with Crippen molar-refractivity contribution in [3.63, 3.8) is 0 Å². The highest BCUT2D eigenvalue weighted by Crippen LogP contribution is 2.34. The van der Waals surface area contributed by atoms with Crippen molar-refractivity contribution in [2.24, 2.45) is 0 Å². The number of aromatic nitrogens is 1. The van der Waals surface area contributed by atoms with Crippen molar-refractivity contribution in [2.45, 2.75) is 24.5 Å². The second-order valence-corrected chi connectivity index (χ2v) is 10.7. The minimum Gasteiger partial charge on any atom is -0.377 e. The minimum atomic E-state index is -3.54. The molecule has 1 heterocycles. The van der Waals surface area contributed by atoms with Crippen molar-refractivity contribution in [3.05, 3.63) is 83.4 Å². The summed E-state index contributed by atoms with van der Waals surface area (Å²) in [6.45, 7) is 4.07. The first-order valence-electron chi connectivity index (χ1n) is 10.7. The van der Waals surface area contributed by atoms with Crippen LogP contribution < -0.4 is 4.90 Å². The number of hydrogen-bond acceptors (Lipinski definition) is 3. The third-order valence-corrected chi connectivity index (χ3v) is 8.04. The third kappa shape index (κ3) is 3.24. The number of nitrogens with zero attached hydrogens (tertiary/aromatic N) is 1. The van der Waals surface area contributed by atoms with Crippen molar-refractivity contribution >= 4 is 48.1 Å². The Labute approximate surface area is 188 Å². The number of aromatic amines is 1. The largest absolute Gasteiger partial charge is 0.377 e. The van der Waals surface area contributed by atoms with Crippen LogP contribution in [-0.4, -0.2) is 27.5 Å². The van der Waals surface area contributed by atoms with Crippen LogP contribution in [0.4, 0.5) is 5.69 Å². The van der Waals surface area contributed by atoms with Crippen LogP contribution in [0.15, 0.2) is 71.6 Å². The second-order valence-electron chi connectivity index (χ2n) is 8.73. The molecule has 5 aromatic rings. The van der Waals surface area contributed by atoms with E-state index in [1.165, 1.54) is 5.56 Å². The summed E-state index contributed by atoms with van der Waals surface area (Å²) in [6.07, 6.45) is 0. The van der Waals surface area contributed by atoms with E-state index in [0.717, 1.165) is 49.4 Å². The van der Waals surface area contributed by atoms with Gasteiger partial charge in [-0.3, -0.25) is 0 Å². The standard InChI is InChI=1S/C27H26N2O2S/c1-17-11-13-20-23-14-12-19(18(2)27(23)28-24(20)15-17)16-32(30,31)26-10-6-7-21-22(26)8-5-9-25(21)29(3)4/h5-15,28H,16H2,1-4H3. The van der Waals surface area contributed by atoms with Crippen LogP contribution >= 0.6 is 0 Å². The van der Waals surface area contributed by atoms with Gasteiger partial charge in [-0.1, -0.05) is 48.5 Å². The van der Waals surface area contributed by atoms with E-state index in [1.54, 1.807) is 6.07 Å². The van der Waals surface area contributed by atoms with Gasteiger partial charge in [-0.15, -0.1) is 0 Å². The molecule has 0 radical (unpaired) electrons. The molecule has 4 aromatic carbocycles. The van der Waals surface area contributed by atoms with Gasteiger partial charge in [-0.25, -0.2) is 8.42 Å². The molecule has 0 aliphatic heterocycles. The highest BCUT2D eigenvalue weighted by molar-refractivity contribution is 7.90. The molecule has 1 aromatic heterocycles. The molecule has 5 rings (SSSR count). The average Bonchev–Trinajstić information content (AvgIpc) is 3.13. The number of sulfone groups is 1. The Kier molecular flexibility index (Phi) is 4.75. The number of benzene rings is 4. The lowest BCUT2D eigenvalue weighted by molar-refractivity contribution is 0.596. The summed E-state index contributed by atoms with van der Waals surface area (Å²) in [5, 5.41) is 3.99. The Morgan fingerprint density at radius 1 is 0.812 bits per heavy atom. The Morgan fingerprint density at radius 2 is 1.53 bits per heavy atom. The molecule has 0 bridgehead atoms. The molecule has 0 atom stereocenters. The van der Waals surface area contributed by atoms with E-state index in [2.05, 4.69) is 30.1 Å². The number of rotatable bonds is 4. The summed E-state index contributed by atoms with van der Waals surface area (Å²) in [4.78, 5) is 5.89. The maximum absolute atomic E-state index is 13.6. The first-order chi connectivity index (χ1) is 15.3. The Hall–Kier alpha value is -3.31. The van der Waals surface area contributed by atoms with Gasteiger partial charge in [0.2, 0.25) is 0 Å². The van der Waals surface area contributed by atoms with Gasteiger partial charge in [-0.05, 0) is 48.7 Å². The van der Waals surface area contributed by atoms with Crippen LogP contribution in [0.2, 0.25) is 0 Å². The Morgan fingerprint density at radius 3 is 2.31 bits per heavy atom. The zero-order valence-electron chi connectivity index (χ0n) is 18.7. The molecule has 4 nitrogen and oxygen atoms in total. The number of aryl methyl sites for hydroxylation is 2. The third-order valence-electron chi connectivity index (χ3n) is 6.32. The second kappa shape index (κ2) is 7.38. The zero-order valence-corrected chi connectivity index (χ0v) is 19.5. The number of anilines is 1. The molecule has 162 valence electrons. The predicted molar refractivity (Wildman–Crippen MR) is 134 cm³/mol. The first-order valence-corrected chi connectivity index (χ1v) is 12.3. The first kappa shape index (κ1) is 20.6. The van der Waals surface area contributed by atoms with E-state index in [-0.39, 0.29) is 5.75 Å². The van der Waals surface area contributed by atoms with Crippen LogP contribution in [0.1, 0.15) is 16.7 Å². The maximum atomic E-state index is 13.6. The van der Waals surface area contributed by atoms with Gasteiger partial charge in [0.25, 0.3) is 0 Å². The van der Waals surface area contributed by atoms with Crippen molar-refractivity contribution < 1.29 is 8.42 Å². The molecule has 0 saturated heterocycles. The summed E-state index contributed by atoms with van der Waals surface area (Å²) in [5.74, 6) is -0.0333. The number of H-pyrrole nitrogens is 1. The summed E-state index contributed by atoms with van der Waals surface area (Å²) in [6, 6.07) is 21.7. The van der Waals surface area contributed by atoms with Crippen LogP contribution in [0.5, 0.6) is 0 Å². The lowest BCUT2D eigenvalue weighted by atomic mass is 10.0. The number of nitrogens with one attached hydrogen (secondary N) is 1. The summed E-state index contributed by atoms with van der Waals surface area (Å²) in [7, 11) is 0.394. The van der Waals surface area contributed by atoms with Gasteiger partial charge in [0.15, 0.2) is 9.84 Å². The fraction of sp³-hybridized carbons (Fsp3) is 0.185. The highest BCUT2D eigenvalue weighted by Gasteiger charge is 2.21. The zero-order chi connectivity index (χ0) is 22.6. The number of fused-ring (bicyclic) bond motifs is 4. The van der Waals surface area contributed by atoms with E-state index in [4.69, 9.17) is 0 Å². The molecule has 0 saturated carbocycles. The summed E-state index contributed by atoms with van der Waals surface area (Å²) in [5.41, 5.74) is 6.08. The van der Waals surface area contributed by atoms with Gasteiger partial charge in [-0.2, -0.15) is 0 Å². The topological polar surface area (TPSA) is 53.2 Å². The van der Waals surface area contributed by atoms with Gasteiger partial charge >= 0.3 is 0 Å². The van der Waals surface area contributed by atoms with E-state index in [0.29, 0.717) is 4.90 Å². The predicted octanol–water partition coefficient (Wildman–Crippen LogP) is 6.13. The number of hydrogen-bond donors (Lipinski definition) is 1. The maximum Gasteiger partial charge on any atom is 0.183 e. The average molecular weight is 443 g/mol. The molecular formula is C27H26N2O2S. The SMILES string of the molecule is Cc1ccc2c(c1)[nH]c1c(C)c(CS(=O)(=O)c3cccc4c(N(C)C)cccc34)ccc12. The van der Waals surface area contributed by atoms with E-state index < -0.39 is 9.84 Å². The van der Waals surface area contributed by atoms with Crippen LogP contribution in [0.25, 0.3) is 32.6 Å². The van der Waals surface area contributed by atoms with E-state index in [9.17, 15) is 8.42 Å². The van der Waals surface area contributed by atoms with Gasteiger partial charge in [0.1, 0.15) is 0 Å². The molecule has 5 heteroatoms. The summed E-state index contributed by atoms with van der Waals surface area (Å²) < 4.78 is 27.2. The molecular weight excluding hydrogens is 416 g/mol. The van der Waals surface area contributed by atoms with Crippen molar-refractivity contribution in [3.8, 4) is 0 Å². The van der Waals surface area contributed by atoms with Crippen molar-refractivity contribution in [1.29, 1.82) is 0 Å². The van der Waals surface area contributed by atoms with Crippen LogP contribution in [0.3, 0.4) is 0 Å². The van der Waals surface area contributed by atoms with Gasteiger partial charge in [0.05, 0.1) is 10.6 Å². The van der Waals surface area contributed by atoms with Gasteiger partial charge < -0.3 is 9.88 Å². The monoisotopic (exact) mass is 442 g/mol. The van der Waals surface area contributed by atoms with Gasteiger partial charge in [0, 0.05) is 52.4 Å². The van der Waals surface area contributed by atoms with Crippen LogP contribution in [-0.2, 0) is 15.6 Å². The minimum absolute atomic E-state index is 0.0333. The lowest BCUT2D eigenvalue weighted by Gasteiger charge is -2.17. The molecule has 0 aliphatic rings. The fourth-order valence-corrected chi connectivity index (χ4v) is 6.31. The normalized spacial score (nSPS) is 12.1.